The van der Waals surface area contributed by atoms with Gasteiger partial charge in [-0.2, -0.15) is 0 Å². The quantitative estimate of drug-likeness (QED) is 0.594. The Labute approximate surface area is 63.4 Å². The first kappa shape index (κ1) is 8.06. The van der Waals surface area contributed by atoms with E-state index >= 15 is 0 Å². The SMILES string of the molecule is C[C@@H]1CCC[C@H](C)C1CO. The molecule has 0 aromatic rings. The third kappa shape index (κ3) is 1.51. The molecule has 1 unspecified atom stereocenters. The molecule has 0 aromatic carbocycles. The minimum atomic E-state index is 0.391. The van der Waals surface area contributed by atoms with Crippen LogP contribution in [0.1, 0.15) is 33.1 Å². The lowest BCUT2D eigenvalue weighted by molar-refractivity contribution is 0.0980. The smallest absolute Gasteiger partial charge is 0.0464 e. The molecule has 60 valence electrons. The molecule has 0 aromatic heterocycles. The van der Waals surface area contributed by atoms with Gasteiger partial charge in [-0.1, -0.05) is 33.1 Å². The van der Waals surface area contributed by atoms with Crippen LogP contribution in [0.5, 0.6) is 0 Å². The number of aliphatic hydroxyl groups excluding tert-OH is 1. The van der Waals surface area contributed by atoms with Crippen molar-refractivity contribution in [2.45, 2.75) is 33.1 Å². The van der Waals surface area contributed by atoms with Crippen LogP contribution in [0, 0.1) is 17.8 Å². The maximum atomic E-state index is 9.03. The van der Waals surface area contributed by atoms with E-state index in [2.05, 4.69) is 13.8 Å². The molecule has 0 amide bonds. The second kappa shape index (κ2) is 3.38. The van der Waals surface area contributed by atoms with E-state index in [1.807, 2.05) is 0 Å². The van der Waals surface area contributed by atoms with Crippen molar-refractivity contribution in [3.8, 4) is 0 Å². The summed E-state index contributed by atoms with van der Waals surface area (Å²) in [5.41, 5.74) is 0. The summed E-state index contributed by atoms with van der Waals surface area (Å²) >= 11 is 0. The molecular weight excluding hydrogens is 124 g/mol. The third-order valence-electron chi connectivity index (χ3n) is 2.99. The maximum Gasteiger partial charge on any atom is 0.0464 e. The summed E-state index contributed by atoms with van der Waals surface area (Å²) in [6.45, 7) is 4.91. The molecule has 10 heavy (non-hydrogen) atoms. The van der Waals surface area contributed by atoms with Gasteiger partial charge in [0.1, 0.15) is 0 Å². The normalized spacial score (nSPS) is 41.7. The van der Waals surface area contributed by atoms with Crippen molar-refractivity contribution in [1.82, 2.24) is 0 Å². The van der Waals surface area contributed by atoms with E-state index in [-0.39, 0.29) is 0 Å². The van der Waals surface area contributed by atoms with Crippen LogP contribution in [0.4, 0.5) is 0 Å². The first-order valence-electron chi connectivity index (χ1n) is 4.36. The molecule has 1 saturated carbocycles. The van der Waals surface area contributed by atoms with E-state index < -0.39 is 0 Å². The van der Waals surface area contributed by atoms with E-state index in [1.165, 1.54) is 19.3 Å². The number of rotatable bonds is 1. The molecular formula is C9H18O. The first-order chi connectivity index (χ1) is 4.75. The van der Waals surface area contributed by atoms with E-state index in [0.29, 0.717) is 12.5 Å². The average molecular weight is 142 g/mol. The first-order valence-corrected chi connectivity index (χ1v) is 4.36. The van der Waals surface area contributed by atoms with Crippen molar-refractivity contribution in [3.05, 3.63) is 0 Å². The summed E-state index contributed by atoms with van der Waals surface area (Å²) in [6.07, 6.45) is 3.99. The van der Waals surface area contributed by atoms with Crippen molar-refractivity contribution in [2.24, 2.45) is 17.8 Å². The lowest BCUT2D eigenvalue weighted by Gasteiger charge is -2.32. The summed E-state index contributed by atoms with van der Waals surface area (Å²) in [4.78, 5) is 0. The van der Waals surface area contributed by atoms with Gasteiger partial charge in [-0.25, -0.2) is 0 Å². The molecule has 0 bridgehead atoms. The van der Waals surface area contributed by atoms with Gasteiger partial charge in [0.15, 0.2) is 0 Å². The van der Waals surface area contributed by atoms with Crippen LogP contribution in [0.3, 0.4) is 0 Å². The highest BCUT2D eigenvalue weighted by atomic mass is 16.3. The van der Waals surface area contributed by atoms with Crippen LogP contribution in [0.15, 0.2) is 0 Å². The van der Waals surface area contributed by atoms with E-state index in [4.69, 9.17) is 5.11 Å². The van der Waals surface area contributed by atoms with Gasteiger partial charge in [-0.05, 0) is 17.8 Å². The molecule has 0 heterocycles. The fourth-order valence-corrected chi connectivity index (χ4v) is 2.11. The summed E-state index contributed by atoms with van der Waals surface area (Å²) in [5.74, 6) is 2.07. The molecule has 1 heteroatoms. The highest BCUT2D eigenvalue weighted by molar-refractivity contribution is 4.76. The molecule has 0 radical (unpaired) electrons. The molecule has 1 aliphatic carbocycles. The van der Waals surface area contributed by atoms with Crippen LogP contribution in [-0.4, -0.2) is 11.7 Å². The van der Waals surface area contributed by atoms with Crippen LogP contribution < -0.4 is 0 Å². The Bertz CT molecular complexity index is 90.9. The lowest BCUT2D eigenvalue weighted by atomic mass is 9.74. The van der Waals surface area contributed by atoms with Gasteiger partial charge in [0.25, 0.3) is 0 Å². The van der Waals surface area contributed by atoms with Crippen LogP contribution in [0.25, 0.3) is 0 Å². The fraction of sp³-hybridized carbons (Fsp3) is 1.00. The van der Waals surface area contributed by atoms with Gasteiger partial charge in [0.05, 0.1) is 0 Å². The lowest BCUT2D eigenvalue weighted by Crippen LogP contribution is -2.27. The summed E-state index contributed by atoms with van der Waals surface area (Å²) in [7, 11) is 0. The Balaban J connectivity index is 2.45. The average Bonchev–Trinajstić information content (AvgIpc) is 1.88. The molecule has 1 nitrogen and oxygen atoms in total. The van der Waals surface area contributed by atoms with Gasteiger partial charge in [-0.15, -0.1) is 0 Å². The summed E-state index contributed by atoms with van der Waals surface area (Å²) in [6, 6.07) is 0. The molecule has 1 aliphatic rings. The summed E-state index contributed by atoms with van der Waals surface area (Å²) < 4.78 is 0. The zero-order valence-electron chi connectivity index (χ0n) is 7.01. The minimum absolute atomic E-state index is 0.391. The van der Waals surface area contributed by atoms with Gasteiger partial charge in [-0.3, -0.25) is 0 Å². The second-order valence-corrected chi connectivity index (χ2v) is 3.73. The van der Waals surface area contributed by atoms with Gasteiger partial charge in [0.2, 0.25) is 0 Å². The maximum absolute atomic E-state index is 9.03. The van der Waals surface area contributed by atoms with Crippen molar-refractivity contribution in [2.75, 3.05) is 6.61 Å². The molecule has 0 saturated heterocycles. The predicted molar refractivity (Wildman–Crippen MR) is 42.8 cm³/mol. The Morgan fingerprint density at radius 2 is 1.70 bits per heavy atom. The number of hydrogen-bond acceptors (Lipinski definition) is 1. The zero-order chi connectivity index (χ0) is 7.56. The largest absolute Gasteiger partial charge is 0.396 e. The monoisotopic (exact) mass is 142 g/mol. The third-order valence-corrected chi connectivity index (χ3v) is 2.99. The Morgan fingerprint density at radius 1 is 1.20 bits per heavy atom. The van der Waals surface area contributed by atoms with Gasteiger partial charge >= 0.3 is 0 Å². The molecule has 1 N–H and O–H groups in total. The van der Waals surface area contributed by atoms with Gasteiger partial charge < -0.3 is 5.11 Å². The predicted octanol–water partition coefficient (Wildman–Crippen LogP) is 2.05. The van der Waals surface area contributed by atoms with Crippen molar-refractivity contribution in [3.63, 3.8) is 0 Å². The highest BCUT2D eigenvalue weighted by Gasteiger charge is 2.26. The van der Waals surface area contributed by atoms with E-state index in [9.17, 15) is 0 Å². The molecule has 0 spiro atoms. The summed E-state index contributed by atoms with van der Waals surface area (Å²) in [5, 5.41) is 9.03. The van der Waals surface area contributed by atoms with Crippen molar-refractivity contribution in [1.29, 1.82) is 0 Å². The van der Waals surface area contributed by atoms with Crippen LogP contribution in [0.2, 0.25) is 0 Å². The Hall–Kier alpha value is -0.0400. The van der Waals surface area contributed by atoms with Crippen LogP contribution in [-0.2, 0) is 0 Å². The standard InChI is InChI=1S/C9H18O/c1-7-4-3-5-8(2)9(7)6-10/h7-10H,3-6H2,1-2H3/t7-,8+,9?. The topological polar surface area (TPSA) is 20.2 Å². The number of aliphatic hydroxyl groups is 1. The van der Waals surface area contributed by atoms with Crippen LogP contribution >= 0.6 is 0 Å². The Kier molecular flexibility index (Phi) is 2.72. The molecule has 1 rings (SSSR count). The molecule has 0 aliphatic heterocycles. The van der Waals surface area contributed by atoms with Gasteiger partial charge in [0, 0.05) is 6.61 Å². The number of hydrogen-bond donors (Lipinski definition) is 1. The van der Waals surface area contributed by atoms with Crippen molar-refractivity contribution < 1.29 is 5.11 Å². The Morgan fingerprint density at radius 3 is 2.00 bits per heavy atom. The molecule has 3 atom stereocenters. The van der Waals surface area contributed by atoms with E-state index in [1.54, 1.807) is 0 Å². The highest BCUT2D eigenvalue weighted by Crippen LogP contribution is 2.33. The minimum Gasteiger partial charge on any atom is -0.396 e. The second-order valence-electron chi connectivity index (χ2n) is 3.73. The van der Waals surface area contributed by atoms with E-state index in [0.717, 1.165) is 11.8 Å². The zero-order valence-corrected chi connectivity index (χ0v) is 7.01. The van der Waals surface area contributed by atoms with Crippen molar-refractivity contribution >= 4 is 0 Å². The molecule has 1 fully saturated rings. The fourth-order valence-electron chi connectivity index (χ4n) is 2.11.